The molecule has 1 aromatic carbocycles. The number of aryl methyl sites for hydroxylation is 2. The largest absolute Gasteiger partial charge is 0.288 e. The second kappa shape index (κ2) is 8.29. The fourth-order valence-electron chi connectivity index (χ4n) is 2.23. The van der Waals surface area contributed by atoms with Crippen LogP contribution in [0.5, 0.6) is 0 Å². The van der Waals surface area contributed by atoms with Gasteiger partial charge in [0.25, 0.3) is 21.8 Å². The molecule has 0 fully saturated rings. The minimum atomic E-state index is -3.79. The Morgan fingerprint density at radius 2 is 1.81 bits per heavy atom. The highest BCUT2D eigenvalue weighted by Crippen LogP contribution is 2.15. The van der Waals surface area contributed by atoms with Crippen LogP contribution in [0, 0.1) is 13.8 Å². The number of hydrogen-bond acceptors (Lipinski definition) is 6. The number of carbonyl (C=O) groups excluding carboxylic acids is 2. The molecule has 0 aliphatic rings. The minimum absolute atomic E-state index is 0.0306. The van der Waals surface area contributed by atoms with Crippen LogP contribution in [0.4, 0.5) is 0 Å². The van der Waals surface area contributed by atoms with Crippen molar-refractivity contribution in [1.29, 1.82) is 0 Å². The Morgan fingerprint density at radius 3 is 2.33 bits per heavy atom. The topological polar surface area (TPSA) is 123 Å². The quantitative estimate of drug-likeness (QED) is 0.671. The second-order valence-corrected chi connectivity index (χ2v) is 7.64. The third kappa shape index (κ3) is 4.90. The van der Waals surface area contributed by atoms with E-state index in [-0.39, 0.29) is 17.0 Å². The normalized spacial score (nSPS) is 11.4. The highest BCUT2D eigenvalue weighted by Gasteiger charge is 2.21. The van der Waals surface area contributed by atoms with Crippen molar-refractivity contribution in [3.63, 3.8) is 0 Å². The van der Waals surface area contributed by atoms with Crippen LogP contribution in [0.25, 0.3) is 0 Å². The Morgan fingerprint density at radius 1 is 1.19 bits per heavy atom. The molecule has 0 atom stereocenters. The Kier molecular flexibility index (Phi) is 6.31. The molecule has 0 saturated heterocycles. The fourth-order valence-corrected chi connectivity index (χ4v) is 3.21. The van der Waals surface area contributed by atoms with Crippen molar-refractivity contribution in [3.8, 4) is 0 Å². The maximum Gasteiger partial charge on any atom is 0.269 e. The van der Waals surface area contributed by atoms with Gasteiger partial charge in [-0.2, -0.15) is 5.10 Å². The van der Waals surface area contributed by atoms with E-state index in [1.165, 1.54) is 43.1 Å². The van der Waals surface area contributed by atoms with Gasteiger partial charge in [0, 0.05) is 18.3 Å². The van der Waals surface area contributed by atoms with Crippen LogP contribution in [0.15, 0.2) is 35.2 Å². The first-order valence-corrected chi connectivity index (χ1v) is 9.32. The Labute approximate surface area is 157 Å². The molecule has 0 spiro atoms. The van der Waals surface area contributed by atoms with Crippen LogP contribution in [-0.4, -0.2) is 48.6 Å². The van der Waals surface area contributed by atoms with Crippen LogP contribution in [0.1, 0.15) is 21.7 Å². The predicted octanol–water partition coefficient (Wildman–Crippen LogP) is 0.143. The molecule has 0 unspecified atom stereocenters. The molecular weight excluding hydrogens is 374 g/mol. The van der Waals surface area contributed by atoms with Crippen molar-refractivity contribution in [3.05, 3.63) is 47.3 Å². The standard InChI is InChI=1S/C16H21N5O5S/c1-11-9-12(2)21(19-11)10-15(22)17-18-16(23)13-5-7-14(8-6-13)27(24,25)20(3)26-4/h5-9H,10H2,1-4H3,(H,17,22)(H,18,23). The summed E-state index contributed by atoms with van der Waals surface area (Å²) in [5.41, 5.74) is 6.36. The van der Waals surface area contributed by atoms with E-state index in [2.05, 4.69) is 20.8 Å². The van der Waals surface area contributed by atoms with Crippen molar-refractivity contribution in [1.82, 2.24) is 25.1 Å². The van der Waals surface area contributed by atoms with Gasteiger partial charge in [0.2, 0.25) is 0 Å². The number of benzene rings is 1. The summed E-state index contributed by atoms with van der Waals surface area (Å²) in [5.74, 6) is -1.03. The van der Waals surface area contributed by atoms with Crippen LogP contribution in [-0.2, 0) is 26.2 Å². The molecule has 27 heavy (non-hydrogen) atoms. The van der Waals surface area contributed by atoms with Gasteiger partial charge >= 0.3 is 0 Å². The molecule has 2 amide bonds. The van der Waals surface area contributed by atoms with Crippen molar-refractivity contribution in [2.24, 2.45) is 0 Å². The number of nitrogens with one attached hydrogen (secondary N) is 2. The molecule has 1 aromatic heterocycles. The lowest BCUT2D eigenvalue weighted by molar-refractivity contribution is -0.122. The molecule has 0 saturated carbocycles. The highest BCUT2D eigenvalue weighted by atomic mass is 32.2. The van der Waals surface area contributed by atoms with Gasteiger partial charge in [-0.3, -0.25) is 30.0 Å². The maximum atomic E-state index is 12.1. The van der Waals surface area contributed by atoms with Gasteiger partial charge in [-0.25, -0.2) is 8.42 Å². The number of amides is 2. The zero-order valence-corrected chi connectivity index (χ0v) is 16.2. The van der Waals surface area contributed by atoms with E-state index in [0.29, 0.717) is 4.47 Å². The minimum Gasteiger partial charge on any atom is -0.288 e. The van der Waals surface area contributed by atoms with Crippen molar-refractivity contribution >= 4 is 21.8 Å². The van der Waals surface area contributed by atoms with Gasteiger partial charge < -0.3 is 0 Å². The lowest BCUT2D eigenvalue weighted by Gasteiger charge is -2.14. The zero-order valence-electron chi connectivity index (χ0n) is 15.4. The summed E-state index contributed by atoms with van der Waals surface area (Å²) in [6.45, 7) is 3.60. The molecule has 11 heteroatoms. The summed E-state index contributed by atoms with van der Waals surface area (Å²) in [4.78, 5) is 28.7. The van der Waals surface area contributed by atoms with E-state index in [9.17, 15) is 18.0 Å². The molecule has 0 radical (unpaired) electrons. The van der Waals surface area contributed by atoms with Crippen molar-refractivity contribution in [2.75, 3.05) is 14.2 Å². The van der Waals surface area contributed by atoms with Crippen molar-refractivity contribution < 1.29 is 22.8 Å². The fraction of sp³-hybridized carbons (Fsp3) is 0.312. The third-order valence-electron chi connectivity index (χ3n) is 3.72. The number of hydrogen-bond donors (Lipinski definition) is 2. The van der Waals surface area contributed by atoms with Crippen LogP contribution < -0.4 is 10.9 Å². The van der Waals surface area contributed by atoms with Gasteiger partial charge in [0.15, 0.2) is 0 Å². The molecule has 0 bridgehead atoms. The van der Waals surface area contributed by atoms with E-state index in [0.717, 1.165) is 11.4 Å². The summed E-state index contributed by atoms with van der Waals surface area (Å²) in [5, 5.41) is 4.16. The Balaban J connectivity index is 1.96. The number of nitrogens with zero attached hydrogens (tertiary/aromatic N) is 3. The van der Waals surface area contributed by atoms with E-state index < -0.39 is 21.8 Å². The lowest BCUT2D eigenvalue weighted by atomic mass is 10.2. The number of hydroxylamine groups is 1. The number of hydrazine groups is 1. The smallest absolute Gasteiger partial charge is 0.269 e. The number of sulfonamides is 1. The maximum absolute atomic E-state index is 12.1. The summed E-state index contributed by atoms with van der Waals surface area (Å²) >= 11 is 0. The van der Waals surface area contributed by atoms with Gasteiger partial charge in [-0.15, -0.1) is 0 Å². The molecule has 0 aliphatic heterocycles. The monoisotopic (exact) mass is 395 g/mol. The first-order valence-electron chi connectivity index (χ1n) is 7.88. The predicted molar refractivity (Wildman–Crippen MR) is 95.7 cm³/mol. The SMILES string of the molecule is CON(C)S(=O)(=O)c1ccc(C(=O)NNC(=O)Cn2nc(C)cc2C)cc1. The van der Waals surface area contributed by atoms with E-state index in [4.69, 9.17) is 0 Å². The number of rotatable bonds is 6. The first kappa shape index (κ1) is 20.6. The second-order valence-electron chi connectivity index (χ2n) is 5.71. The molecule has 1 heterocycles. The first-order chi connectivity index (χ1) is 12.6. The zero-order chi connectivity index (χ0) is 20.2. The molecule has 146 valence electrons. The van der Waals surface area contributed by atoms with Crippen LogP contribution >= 0.6 is 0 Å². The average molecular weight is 395 g/mol. The van der Waals surface area contributed by atoms with E-state index in [1.54, 1.807) is 0 Å². The molecule has 0 aliphatic carbocycles. The van der Waals surface area contributed by atoms with Gasteiger partial charge in [-0.05, 0) is 44.2 Å². The lowest BCUT2D eigenvalue weighted by Crippen LogP contribution is -2.43. The molecule has 2 rings (SSSR count). The molecule has 2 aromatic rings. The third-order valence-corrected chi connectivity index (χ3v) is 5.42. The summed E-state index contributed by atoms with van der Waals surface area (Å²) in [6, 6.07) is 7.05. The number of aromatic nitrogens is 2. The Bertz CT molecular complexity index is 937. The van der Waals surface area contributed by atoms with Crippen LogP contribution in [0.3, 0.4) is 0 Å². The van der Waals surface area contributed by atoms with Crippen LogP contribution in [0.2, 0.25) is 0 Å². The summed E-state index contributed by atoms with van der Waals surface area (Å²) < 4.78 is 26.4. The Hall–Kier alpha value is -2.76. The summed E-state index contributed by atoms with van der Waals surface area (Å²) in [7, 11) is -1.31. The highest BCUT2D eigenvalue weighted by molar-refractivity contribution is 7.89. The number of carbonyl (C=O) groups is 2. The average Bonchev–Trinajstić information content (AvgIpc) is 2.95. The van der Waals surface area contributed by atoms with Crippen molar-refractivity contribution in [2.45, 2.75) is 25.3 Å². The molecule has 10 nitrogen and oxygen atoms in total. The van der Waals surface area contributed by atoms with E-state index >= 15 is 0 Å². The molecular formula is C16H21N5O5S. The van der Waals surface area contributed by atoms with Gasteiger partial charge in [0.1, 0.15) is 6.54 Å². The molecule has 2 N–H and O–H groups in total. The van der Waals surface area contributed by atoms with Gasteiger partial charge in [0.05, 0.1) is 17.7 Å². The van der Waals surface area contributed by atoms with E-state index in [1.807, 2.05) is 19.9 Å². The summed E-state index contributed by atoms with van der Waals surface area (Å²) in [6.07, 6.45) is 0. The van der Waals surface area contributed by atoms with Gasteiger partial charge in [-0.1, -0.05) is 4.47 Å².